The summed E-state index contributed by atoms with van der Waals surface area (Å²) in [6.45, 7) is 2.76. The maximum absolute atomic E-state index is 11.7. The lowest BCUT2D eigenvalue weighted by molar-refractivity contribution is 0.664. The molecule has 1 aromatic carbocycles. The van der Waals surface area contributed by atoms with Crippen LogP contribution in [-0.4, -0.2) is 15.6 Å². The Morgan fingerprint density at radius 2 is 2.27 bits per heavy atom. The average Bonchev–Trinajstić information content (AvgIpc) is 2.61. The van der Waals surface area contributed by atoms with Gasteiger partial charge in [-0.15, -0.1) is 0 Å². The van der Waals surface area contributed by atoms with E-state index in [9.17, 15) is 4.79 Å². The molecule has 1 N–H and O–H groups in total. The van der Waals surface area contributed by atoms with Gasteiger partial charge in [-0.3, -0.25) is 4.57 Å². The number of hydrogen-bond donors (Lipinski definition) is 1. The Balaban J connectivity index is 2.43. The molecule has 0 aliphatic carbocycles. The molecule has 1 aliphatic heterocycles. The molecular formula is C11H11N3O. The fourth-order valence-electron chi connectivity index (χ4n) is 2.05. The maximum atomic E-state index is 11.7. The van der Waals surface area contributed by atoms with E-state index >= 15 is 0 Å². The van der Waals surface area contributed by atoms with Crippen molar-refractivity contribution in [1.29, 1.82) is 0 Å². The molecular weight excluding hydrogens is 190 g/mol. The predicted molar refractivity (Wildman–Crippen MR) is 59.1 cm³/mol. The second-order valence-electron chi connectivity index (χ2n) is 3.92. The lowest BCUT2D eigenvalue weighted by Gasteiger charge is -2.05. The van der Waals surface area contributed by atoms with E-state index in [-0.39, 0.29) is 5.69 Å². The van der Waals surface area contributed by atoms with Crippen molar-refractivity contribution in [3.05, 3.63) is 34.7 Å². The lowest BCUT2D eigenvalue weighted by Crippen LogP contribution is -2.21. The van der Waals surface area contributed by atoms with Gasteiger partial charge in [0.25, 0.3) is 0 Å². The van der Waals surface area contributed by atoms with E-state index in [0.717, 1.165) is 16.7 Å². The second-order valence-corrected chi connectivity index (χ2v) is 3.92. The SMILES string of the molecule is CC1Cn2c(c3ccccc3nc2=O)N1. The van der Waals surface area contributed by atoms with Crippen LogP contribution in [0.5, 0.6) is 0 Å². The summed E-state index contributed by atoms with van der Waals surface area (Å²) in [7, 11) is 0. The van der Waals surface area contributed by atoms with E-state index < -0.39 is 0 Å². The summed E-state index contributed by atoms with van der Waals surface area (Å²) in [5, 5.41) is 4.32. The largest absolute Gasteiger partial charge is 0.367 e. The summed E-state index contributed by atoms with van der Waals surface area (Å²) < 4.78 is 1.70. The van der Waals surface area contributed by atoms with Gasteiger partial charge in [0, 0.05) is 18.0 Å². The van der Waals surface area contributed by atoms with Crippen LogP contribution in [0, 0.1) is 0 Å². The number of rotatable bonds is 0. The van der Waals surface area contributed by atoms with Gasteiger partial charge in [-0.25, -0.2) is 4.79 Å². The van der Waals surface area contributed by atoms with E-state index in [0.29, 0.717) is 12.6 Å². The van der Waals surface area contributed by atoms with Crippen molar-refractivity contribution in [2.75, 3.05) is 5.32 Å². The van der Waals surface area contributed by atoms with E-state index in [4.69, 9.17) is 0 Å². The Labute approximate surface area is 86.6 Å². The molecule has 76 valence electrons. The first-order chi connectivity index (χ1) is 7.25. The molecule has 0 saturated heterocycles. The van der Waals surface area contributed by atoms with Crippen LogP contribution in [0.4, 0.5) is 5.82 Å². The number of hydrogen-bond acceptors (Lipinski definition) is 3. The molecule has 1 aromatic heterocycles. The molecule has 0 bridgehead atoms. The summed E-state index contributed by atoms with van der Waals surface area (Å²) in [4.78, 5) is 15.7. The van der Waals surface area contributed by atoms with E-state index in [1.807, 2.05) is 24.3 Å². The van der Waals surface area contributed by atoms with Gasteiger partial charge in [0.15, 0.2) is 0 Å². The van der Waals surface area contributed by atoms with Crippen LogP contribution in [0.25, 0.3) is 10.9 Å². The number of aromatic nitrogens is 2. The van der Waals surface area contributed by atoms with Gasteiger partial charge in [-0.1, -0.05) is 12.1 Å². The van der Waals surface area contributed by atoms with Crippen molar-refractivity contribution in [3.63, 3.8) is 0 Å². The number of fused-ring (bicyclic) bond motifs is 3. The minimum absolute atomic E-state index is 0.166. The molecule has 0 saturated carbocycles. The molecule has 4 heteroatoms. The number of para-hydroxylation sites is 1. The third kappa shape index (κ3) is 1.14. The minimum Gasteiger partial charge on any atom is -0.367 e. The molecule has 1 aliphatic rings. The number of benzene rings is 1. The van der Waals surface area contributed by atoms with Gasteiger partial charge in [-0.05, 0) is 19.1 Å². The van der Waals surface area contributed by atoms with E-state index in [2.05, 4.69) is 17.2 Å². The van der Waals surface area contributed by atoms with Gasteiger partial charge in [-0.2, -0.15) is 4.98 Å². The highest BCUT2D eigenvalue weighted by molar-refractivity contribution is 5.89. The molecule has 2 heterocycles. The second kappa shape index (κ2) is 2.82. The van der Waals surface area contributed by atoms with Gasteiger partial charge in [0.05, 0.1) is 5.52 Å². The van der Waals surface area contributed by atoms with Crippen LogP contribution in [0.2, 0.25) is 0 Å². The molecule has 0 spiro atoms. The zero-order valence-electron chi connectivity index (χ0n) is 8.40. The Morgan fingerprint density at radius 1 is 1.47 bits per heavy atom. The first-order valence-corrected chi connectivity index (χ1v) is 5.02. The maximum Gasteiger partial charge on any atom is 0.349 e. The Hall–Kier alpha value is -1.84. The third-order valence-corrected chi connectivity index (χ3v) is 2.72. The highest BCUT2D eigenvalue weighted by Crippen LogP contribution is 2.24. The zero-order chi connectivity index (χ0) is 10.4. The molecule has 3 rings (SSSR count). The highest BCUT2D eigenvalue weighted by Gasteiger charge is 2.20. The monoisotopic (exact) mass is 201 g/mol. The summed E-state index contributed by atoms with van der Waals surface area (Å²) in [5.74, 6) is 0.901. The van der Waals surface area contributed by atoms with Crippen molar-refractivity contribution in [2.45, 2.75) is 19.5 Å². The van der Waals surface area contributed by atoms with Crippen LogP contribution < -0.4 is 11.0 Å². The number of anilines is 1. The zero-order valence-corrected chi connectivity index (χ0v) is 8.40. The summed E-state index contributed by atoms with van der Waals surface area (Å²) in [6.07, 6.45) is 0. The third-order valence-electron chi connectivity index (χ3n) is 2.72. The first-order valence-electron chi connectivity index (χ1n) is 5.02. The van der Waals surface area contributed by atoms with Crippen molar-refractivity contribution >= 4 is 16.7 Å². The average molecular weight is 201 g/mol. The smallest absolute Gasteiger partial charge is 0.349 e. The number of nitrogens with one attached hydrogen (secondary N) is 1. The predicted octanol–water partition coefficient (Wildman–Crippen LogP) is 1.21. The summed E-state index contributed by atoms with van der Waals surface area (Å²) in [6, 6.07) is 8.00. The van der Waals surface area contributed by atoms with Crippen LogP contribution in [0.1, 0.15) is 6.92 Å². The molecule has 0 fully saturated rings. The quantitative estimate of drug-likeness (QED) is 0.697. The van der Waals surface area contributed by atoms with Crippen molar-refractivity contribution in [2.24, 2.45) is 0 Å². The molecule has 15 heavy (non-hydrogen) atoms. The van der Waals surface area contributed by atoms with Crippen LogP contribution in [-0.2, 0) is 6.54 Å². The molecule has 1 unspecified atom stereocenters. The highest BCUT2D eigenvalue weighted by atomic mass is 16.1. The Kier molecular flexibility index (Phi) is 1.59. The van der Waals surface area contributed by atoms with Crippen molar-refractivity contribution in [3.8, 4) is 0 Å². The fourth-order valence-corrected chi connectivity index (χ4v) is 2.05. The molecule has 4 nitrogen and oxygen atoms in total. The Bertz CT molecular complexity index is 588. The Morgan fingerprint density at radius 3 is 3.13 bits per heavy atom. The van der Waals surface area contributed by atoms with Crippen molar-refractivity contribution < 1.29 is 0 Å². The van der Waals surface area contributed by atoms with E-state index in [1.165, 1.54) is 0 Å². The minimum atomic E-state index is -0.166. The van der Waals surface area contributed by atoms with Gasteiger partial charge in [0.2, 0.25) is 0 Å². The number of nitrogens with zero attached hydrogens (tertiary/aromatic N) is 2. The first kappa shape index (κ1) is 8.47. The normalized spacial score (nSPS) is 18.9. The summed E-state index contributed by atoms with van der Waals surface area (Å²) in [5.41, 5.74) is 0.593. The molecule has 0 radical (unpaired) electrons. The lowest BCUT2D eigenvalue weighted by atomic mass is 10.2. The standard InChI is InChI=1S/C11H11N3O/c1-7-6-14-10(12-7)8-4-2-3-5-9(8)13-11(14)15/h2-5,7,12H,6H2,1H3. The van der Waals surface area contributed by atoms with Crippen molar-refractivity contribution in [1.82, 2.24) is 9.55 Å². The van der Waals surface area contributed by atoms with Crippen LogP contribution in [0.3, 0.4) is 0 Å². The van der Waals surface area contributed by atoms with Gasteiger partial charge < -0.3 is 5.32 Å². The van der Waals surface area contributed by atoms with Crippen LogP contribution in [0.15, 0.2) is 29.1 Å². The van der Waals surface area contributed by atoms with Crippen LogP contribution >= 0.6 is 0 Å². The molecule has 0 amide bonds. The van der Waals surface area contributed by atoms with Gasteiger partial charge >= 0.3 is 5.69 Å². The topological polar surface area (TPSA) is 46.9 Å². The molecule has 1 atom stereocenters. The fraction of sp³-hybridized carbons (Fsp3) is 0.273. The summed E-state index contributed by atoms with van der Waals surface area (Å²) >= 11 is 0. The van der Waals surface area contributed by atoms with Gasteiger partial charge in [0.1, 0.15) is 5.82 Å². The van der Waals surface area contributed by atoms with E-state index in [1.54, 1.807) is 4.57 Å². The molecule has 2 aromatic rings.